The topological polar surface area (TPSA) is 33.1 Å². The molecule has 0 aliphatic carbocycles. The van der Waals surface area contributed by atoms with Crippen molar-refractivity contribution in [2.75, 3.05) is 14.1 Å². The monoisotopic (exact) mass is 310 g/mol. The summed E-state index contributed by atoms with van der Waals surface area (Å²) in [6, 6.07) is 2.08. The number of nitrogens with zero attached hydrogens (tertiary/aromatic N) is 3. The smallest absolute Gasteiger partial charge is 0.130 e. The highest BCUT2D eigenvalue weighted by molar-refractivity contribution is 6.30. The molecule has 1 aromatic heterocycles. The van der Waals surface area contributed by atoms with E-state index in [0.717, 1.165) is 35.3 Å². The van der Waals surface area contributed by atoms with Gasteiger partial charge in [-0.1, -0.05) is 11.6 Å². The van der Waals surface area contributed by atoms with Crippen molar-refractivity contribution in [3.8, 4) is 0 Å². The number of hydrogen-bond donors (Lipinski definition) is 1. The molecule has 5 heteroatoms. The van der Waals surface area contributed by atoms with E-state index in [4.69, 9.17) is 11.6 Å². The second kappa shape index (κ2) is 5.90. The van der Waals surface area contributed by atoms with E-state index in [2.05, 4.69) is 36.3 Å². The summed E-state index contributed by atoms with van der Waals surface area (Å²) in [7, 11) is 6.31. The van der Waals surface area contributed by atoms with E-state index in [1.807, 2.05) is 7.05 Å². The van der Waals surface area contributed by atoms with Crippen LogP contribution in [0.1, 0.15) is 36.9 Å². The Balaban J connectivity index is 1.74. The largest absolute Gasteiger partial charge is 0.316 e. The minimum atomic E-state index is 0.502. The van der Waals surface area contributed by atoms with E-state index in [-0.39, 0.29) is 0 Å². The van der Waals surface area contributed by atoms with Gasteiger partial charge in [-0.25, -0.2) is 0 Å². The van der Waals surface area contributed by atoms with Crippen molar-refractivity contribution in [2.45, 2.75) is 57.2 Å². The van der Waals surface area contributed by atoms with E-state index < -0.39 is 0 Å². The van der Waals surface area contributed by atoms with Crippen molar-refractivity contribution in [3.63, 3.8) is 0 Å². The second-order valence-electron chi connectivity index (χ2n) is 6.86. The molecule has 0 saturated carbocycles. The summed E-state index contributed by atoms with van der Waals surface area (Å²) in [6.45, 7) is 2.06. The van der Waals surface area contributed by atoms with Gasteiger partial charge in [-0.2, -0.15) is 5.10 Å². The first-order valence-corrected chi connectivity index (χ1v) is 8.46. The number of piperidine rings is 1. The van der Waals surface area contributed by atoms with Gasteiger partial charge in [0.15, 0.2) is 0 Å². The van der Waals surface area contributed by atoms with E-state index in [1.165, 1.54) is 31.2 Å². The Labute approximate surface area is 132 Å². The maximum Gasteiger partial charge on any atom is 0.130 e. The Bertz CT molecular complexity index is 499. The lowest BCUT2D eigenvalue weighted by Crippen LogP contribution is -2.47. The Morgan fingerprint density at radius 2 is 1.90 bits per heavy atom. The molecule has 0 radical (unpaired) electrons. The van der Waals surface area contributed by atoms with E-state index in [1.54, 1.807) is 4.68 Å². The van der Waals surface area contributed by atoms with Crippen molar-refractivity contribution in [3.05, 3.63) is 16.4 Å². The number of aryl methyl sites for hydroxylation is 2. The van der Waals surface area contributed by atoms with Crippen molar-refractivity contribution in [1.82, 2.24) is 20.0 Å². The van der Waals surface area contributed by atoms with Gasteiger partial charge in [0.25, 0.3) is 0 Å². The minimum absolute atomic E-state index is 0.502. The van der Waals surface area contributed by atoms with E-state index in [0.29, 0.717) is 6.04 Å². The summed E-state index contributed by atoms with van der Waals surface area (Å²) >= 11 is 6.41. The Morgan fingerprint density at radius 3 is 2.38 bits per heavy atom. The molecule has 0 aromatic carbocycles. The number of hydrogen-bond acceptors (Lipinski definition) is 3. The zero-order chi connectivity index (χ0) is 15.1. The van der Waals surface area contributed by atoms with E-state index >= 15 is 0 Å². The highest BCUT2D eigenvalue weighted by atomic mass is 35.5. The van der Waals surface area contributed by atoms with Crippen LogP contribution in [0.5, 0.6) is 0 Å². The molecular weight excluding hydrogens is 284 g/mol. The fourth-order valence-corrected chi connectivity index (χ4v) is 4.66. The molecule has 4 nitrogen and oxygen atoms in total. The van der Waals surface area contributed by atoms with Crippen LogP contribution in [-0.4, -0.2) is 46.9 Å². The summed E-state index contributed by atoms with van der Waals surface area (Å²) in [4.78, 5) is 2.60. The summed E-state index contributed by atoms with van der Waals surface area (Å²) in [5.74, 6) is 0.749. The molecule has 2 aliphatic heterocycles. The van der Waals surface area contributed by atoms with Gasteiger partial charge < -0.3 is 10.2 Å². The fraction of sp³-hybridized carbons (Fsp3) is 0.812. The van der Waals surface area contributed by atoms with Crippen molar-refractivity contribution in [2.24, 2.45) is 13.0 Å². The summed E-state index contributed by atoms with van der Waals surface area (Å²) in [5.41, 5.74) is 2.28. The molecule has 2 fully saturated rings. The van der Waals surface area contributed by atoms with Crippen LogP contribution in [0.3, 0.4) is 0 Å². The van der Waals surface area contributed by atoms with Gasteiger partial charge in [0.05, 0.1) is 5.69 Å². The number of nitrogens with one attached hydrogen (secondary N) is 1. The summed E-state index contributed by atoms with van der Waals surface area (Å²) in [5, 5.41) is 8.79. The van der Waals surface area contributed by atoms with Crippen molar-refractivity contribution >= 4 is 11.6 Å². The lowest BCUT2D eigenvalue weighted by molar-refractivity contribution is 0.114. The third-order valence-electron chi connectivity index (χ3n) is 5.77. The second-order valence-corrected chi connectivity index (χ2v) is 7.22. The van der Waals surface area contributed by atoms with Crippen LogP contribution in [0.15, 0.2) is 0 Å². The van der Waals surface area contributed by atoms with Crippen LogP contribution >= 0.6 is 11.6 Å². The molecule has 3 heterocycles. The SMILES string of the molecule is CNC(Cc1c(C)nn(C)c1Cl)C1CC2CCC(C1)N2C. The van der Waals surface area contributed by atoms with Crippen molar-refractivity contribution in [1.29, 1.82) is 0 Å². The maximum absolute atomic E-state index is 6.41. The lowest BCUT2D eigenvalue weighted by Gasteiger charge is -2.39. The summed E-state index contributed by atoms with van der Waals surface area (Å²) in [6.07, 6.45) is 6.37. The van der Waals surface area contributed by atoms with Crippen LogP contribution in [0.4, 0.5) is 0 Å². The number of rotatable bonds is 4. The van der Waals surface area contributed by atoms with Crippen LogP contribution in [-0.2, 0) is 13.5 Å². The molecule has 1 N–H and O–H groups in total. The molecule has 1 aromatic rings. The van der Waals surface area contributed by atoms with Gasteiger partial charge in [-0.15, -0.1) is 0 Å². The van der Waals surface area contributed by atoms with Gasteiger partial charge in [0.1, 0.15) is 5.15 Å². The predicted octanol–water partition coefficient (Wildman–Crippen LogP) is 2.39. The molecule has 2 bridgehead atoms. The van der Waals surface area contributed by atoms with Crippen LogP contribution in [0.25, 0.3) is 0 Å². The first-order chi connectivity index (χ1) is 10.0. The number of fused-ring (bicyclic) bond motifs is 2. The Morgan fingerprint density at radius 1 is 1.29 bits per heavy atom. The predicted molar refractivity (Wildman–Crippen MR) is 86.8 cm³/mol. The quantitative estimate of drug-likeness (QED) is 0.927. The van der Waals surface area contributed by atoms with Crippen LogP contribution in [0, 0.1) is 12.8 Å². The molecule has 0 spiro atoms. The van der Waals surface area contributed by atoms with Crippen molar-refractivity contribution < 1.29 is 0 Å². The van der Waals surface area contributed by atoms with Gasteiger partial charge in [0.2, 0.25) is 0 Å². The average molecular weight is 311 g/mol. The number of halogens is 1. The maximum atomic E-state index is 6.41. The van der Waals surface area contributed by atoms with Gasteiger partial charge >= 0.3 is 0 Å². The lowest BCUT2D eigenvalue weighted by atomic mass is 9.82. The molecule has 3 unspecified atom stereocenters. The van der Waals surface area contributed by atoms with Gasteiger partial charge in [0, 0.05) is 30.7 Å². The summed E-state index contributed by atoms with van der Waals surface area (Å²) < 4.78 is 1.79. The fourth-order valence-electron chi connectivity index (χ4n) is 4.41. The molecule has 21 heavy (non-hydrogen) atoms. The zero-order valence-electron chi connectivity index (χ0n) is 13.6. The third kappa shape index (κ3) is 2.73. The van der Waals surface area contributed by atoms with Crippen LogP contribution in [0.2, 0.25) is 5.15 Å². The highest BCUT2D eigenvalue weighted by Crippen LogP contribution is 2.39. The first-order valence-electron chi connectivity index (χ1n) is 8.08. The average Bonchev–Trinajstić information content (AvgIpc) is 2.82. The molecule has 2 saturated heterocycles. The molecule has 3 atom stereocenters. The van der Waals surface area contributed by atoms with Crippen LogP contribution < -0.4 is 5.32 Å². The zero-order valence-corrected chi connectivity index (χ0v) is 14.3. The standard InChI is InChI=1S/C16H27ClN4/c1-10-14(16(17)21(4)19-10)9-15(18-2)11-7-12-5-6-13(8-11)20(12)3/h11-13,15,18H,5-9H2,1-4H3. The number of aromatic nitrogens is 2. The Hall–Kier alpha value is -0.580. The number of likely N-dealkylation sites (N-methyl/N-ethyl adjacent to an activating group) is 1. The molecule has 118 valence electrons. The Kier molecular flexibility index (Phi) is 4.30. The highest BCUT2D eigenvalue weighted by Gasteiger charge is 2.40. The molecule has 0 amide bonds. The molecule has 2 aliphatic rings. The third-order valence-corrected chi connectivity index (χ3v) is 6.24. The van der Waals surface area contributed by atoms with E-state index in [9.17, 15) is 0 Å². The molecule has 3 rings (SSSR count). The van der Waals surface area contributed by atoms with Gasteiger partial charge in [-0.05, 0) is 59.0 Å². The van der Waals surface area contributed by atoms with Gasteiger partial charge in [-0.3, -0.25) is 4.68 Å². The molecular formula is C16H27ClN4. The normalized spacial score (nSPS) is 30.8. The first kappa shape index (κ1) is 15.3. The minimum Gasteiger partial charge on any atom is -0.316 e.